The molecule has 0 saturated heterocycles. The van der Waals surface area contributed by atoms with Crippen LogP contribution in [0.15, 0.2) is 10.6 Å². The Morgan fingerprint density at radius 3 is 2.65 bits per heavy atom. The van der Waals surface area contributed by atoms with Crippen LogP contribution in [0.2, 0.25) is 0 Å². The molecule has 5 heteroatoms. The van der Waals surface area contributed by atoms with Gasteiger partial charge in [0.15, 0.2) is 0 Å². The number of nitrogens with one attached hydrogen (secondary N) is 2. The van der Waals surface area contributed by atoms with Gasteiger partial charge in [0.25, 0.3) is 0 Å². The molecule has 1 aromatic heterocycles. The first-order valence-electron chi connectivity index (χ1n) is 7.55. The lowest BCUT2D eigenvalue weighted by Crippen LogP contribution is -2.47. The summed E-state index contributed by atoms with van der Waals surface area (Å²) in [4.78, 5) is 16.3. The molecule has 0 bridgehead atoms. The molecule has 0 spiro atoms. The lowest BCUT2D eigenvalue weighted by Gasteiger charge is -2.25. The maximum atomic E-state index is 12.2. The average Bonchev–Trinajstić information content (AvgIpc) is 2.86. The first-order chi connectivity index (χ1) is 9.56. The fraction of sp³-hybridized carbons (Fsp3) is 0.733. The third-order valence-electron chi connectivity index (χ3n) is 3.85. The van der Waals surface area contributed by atoms with Crippen LogP contribution in [0.25, 0.3) is 0 Å². The molecule has 5 nitrogen and oxygen atoms in total. The fourth-order valence-corrected chi connectivity index (χ4v) is 2.67. The topological polar surface area (TPSA) is 67.2 Å². The molecule has 1 amide bonds. The van der Waals surface area contributed by atoms with Gasteiger partial charge < -0.3 is 9.73 Å². The van der Waals surface area contributed by atoms with Crippen LogP contribution in [0.3, 0.4) is 0 Å². The van der Waals surface area contributed by atoms with Crippen molar-refractivity contribution in [1.82, 2.24) is 15.6 Å². The summed E-state index contributed by atoms with van der Waals surface area (Å²) in [6, 6.07) is 0.0229. The first kappa shape index (κ1) is 15.0. The minimum Gasteiger partial charge on any atom is -0.444 e. The maximum Gasteiger partial charge on any atom is 0.237 e. The molecule has 2 N–H and O–H groups in total. The van der Waals surface area contributed by atoms with Crippen molar-refractivity contribution in [3.05, 3.63) is 17.8 Å². The summed E-state index contributed by atoms with van der Waals surface area (Å²) in [5, 5.41) is 6.36. The van der Waals surface area contributed by atoms with Crippen molar-refractivity contribution in [2.45, 2.75) is 71.0 Å². The van der Waals surface area contributed by atoms with Crippen molar-refractivity contribution in [1.29, 1.82) is 0 Å². The van der Waals surface area contributed by atoms with Gasteiger partial charge in [-0.1, -0.05) is 19.3 Å². The number of carbonyl (C=O) groups excluding carboxylic acids is 1. The molecule has 112 valence electrons. The highest BCUT2D eigenvalue weighted by Crippen LogP contribution is 2.18. The molecule has 1 saturated carbocycles. The second-order valence-electron chi connectivity index (χ2n) is 5.76. The van der Waals surface area contributed by atoms with E-state index in [0.29, 0.717) is 11.9 Å². The second-order valence-corrected chi connectivity index (χ2v) is 5.76. The SMILES string of the molecule is Cc1cnc(C(C)NC(C)C(=O)NC2CCCCC2)o1. The quantitative estimate of drug-likeness (QED) is 0.869. The zero-order valence-corrected chi connectivity index (χ0v) is 12.6. The van der Waals surface area contributed by atoms with Gasteiger partial charge in [0.05, 0.1) is 18.3 Å². The number of rotatable bonds is 5. The lowest BCUT2D eigenvalue weighted by atomic mass is 9.95. The number of aromatic nitrogens is 1. The Bertz CT molecular complexity index is 438. The highest BCUT2D eigenvalue weighted by Gasteiger charge is 2.22. The van der Waals surface area contributed by atoms with Crippen molar-refractivity contribution in [2.75, 3.05) is 0 Å². The Balaban J connectivity index is 1.80. The van der Waals surface area contributed by atoms with Crippen LogP contribution < -0.4 is 10.6 Å². The first-order valence-corrected chi connectivity index (χ1v) is 7.55. The van der Waals surface area contributed by atoms with Crippen LogP contribution in [-0.2, 0) is 4.79 Å². The van der Waals surface area contributed by atoms with Gasteiger partial charge in [-0.25, -0.2) is 4.98 Å². The zero-order chi connectivity index (χ0) is 14.5. The van der Waals surface area contributed by atoms with Crippen LogP contribution in [0.1, 0.15) is 63.6 Å². The van der Waals surface area contributed by atoms with E-state index in [1.807, 2.05) is 20.8 Å². The smallest absolute Gasteiger partial charge is 0.237 e. The lowest BCUT2D eigenvalue weighted by molar-refractivity contribution is -0.123. The van der Waals surface area contributed by atoms with Crippen molar-refractivity contribution in [2.24, 2.45) is 0 Å². The van der Waals surface area contributed by atoms with Gasteiger partial charge in [0.2, 0.25) is 11.8 Å². The van der Waals surface area contributed by atoms with Crippen molar-refractivity contribution >= 4 is 5.91 Å². The standard InChI is InChI=1S/C15H25N3O2/c1-10-9-16-15(20-10)12(3)17-11(2)14(19)18-13-7-5-4-6-8-13/h9,11-13,17H,4-8H2,1-3H3,(H,18,19). The number of oxazole rings is 1. The molecular formula is C15H25N3O2. The molecular weight excluding hydrogens is 254 g/mol. The molecule has 0 aliphatic heterocycles. The number of hydrogen-bond acceptors (Lipinski definition) is 4. The molecule has 1 aromatic rings. The van der Waals surface area contributed by atoms with Crippen molar-refractivity contribution in [3.8, 4) is 0 Å². The molecule has 2 rings (SSSR count). The van der Waals surface area contributed by atoms with Crippen LogP contribution in [0.4, 0.5) is 0 Å². The van der Waals surface area contributed by atoms with E-state index in [2.05, 4.69) is 15.6 Å². The summed E-state index contributed by atoms with van der Waals surface area (Å²) in [6.07, 6.45) is 7.64. The van der Waals surface area contributed by atoms with E-state index in [9.17, 15) is 4.79 Å². The van der Waals surface area contributed by atoms with Gasteiger partial charge in [-0.3, -0.25) is 10.1 Å². The molecule has 1 fully saturated rings. The number of hydrogen-bond donors (Lipinski definition) is 2. The second kappa shape index (κ2) is 6.88. The third-order valence-corrected chi connectivity index (χ3v) is 3.85. The Morgan fingerprint density at radius 1 is 1.35 bits per heavy atom. The molecule has 1 heterocycles. The van der Waals surface area contributed by atoms with E-state index in [1.165, 1.54) is 19.3 Å². The summed E-state index contributed by atoms with van der Waals surface area (Å²) < 4.78 is 5.47. The molecule has 1 aliphatic carbocycles. The van der Waals surface area contributed by atoms with E-state index in [0.717, 1.165) is 18.6 Å². The Labute approximate surface area is 120 Å². The summed E-state index contributed by atoms with van der Waals surface area (Å²) in [5.41, 5.74) is 0. The molecule has 1 aliphatic rings. The molecule has 0 radical (unpaired) electrons. The maximum absolute atomic E-state index is 12.2. The van der Waals surface area contributed by atoms with E-state index in [4.69, 9.17) is 4.42 Å². The molecule has 2 atom stereocenters. The van der Waals surface area contributed by atoms with Crippen LogP contribution in [-0.4, -0.2) is 23.0 Å². The Hall–Kier alpha value is -1.36. The van der Waals surface area contributed by atoms with Gasteiger partial charge in [-0.05, 0) is 33.6 Å². The van der Waals surface area contributed by atoms with Crippen LogP contribution >= 0.6 is 0 Å². The molecule has 0 aromatic carbocycles. The summed E-state index contributed by atoms with van der Waals surface area (Å²) >= 11 is 0. The fourth-order valence-electron chi connectivity index (χ4n) is 2.67. The predicted molar refractivity (Wildman–Crippen MR) is 77.3 cm³/mol. The number of carbonyl (C=O) groups is 1. The van der Waals surface area contributed by atoms with Gasteiger partial charge in [0, 0.05) is 6.04 Å². The van der Waals surface area contributed by atoms with Crippen molar-refractivity contribution < 1.29 is 9.21 Å². The minimum absolute atomic E-state index is 0.0621. The zero-order valence-electron chi connectivity index (χ0n) is 12.6. The van der Waals surface area contributed by atoms with Crippen molar-refractivity contribution in [3.63, 3.8) is 0 Å². The van der Waals surface area contributed by atoms with E-state index in [-0.39, 0.29) is 18.0 Å². The molecule has 2 unspecified atom stereocenters. The van der Waals surface area contributed by atoms with Gasteiger partial charge in [0.1, 0.15) is 5.76 Å². The van der Waals surface area contributed by atoms with Crippen LogP contribution in [0, 0.1) is 6.92 Å². The normalized spacial score (nSPS) is 19.6. The number of aryl methyl sites for hydroxylation is 1. The Morgan fingerprint density at radius 2 is 2.05 bits per heavy atom. The summed E-state index contributed by atoms with van der Waals surface area (Å²) in [5.74, 6) is 1.47. The van der Waals surface area contributed by atoms with Gasteiger partial charge in [-0.2, -0.15) is 0 Å². The highest BCUT2D eigenvalue weighted by molar-refractivity contribution is 5.81. The predicted octanol–water partition coefficient (Wildman–Crippen LogP) is 2.47. The third kappa shape index (κ3) is 4.07. The van der Waals surface area contributed by atoms with E-state index in [1.54, 1.807) is 6.20 Å². The van der Waals surface area contributed by atoms with Gasteiger partial charge >= 0.3 is 0 Å². The number of nitrogens with zero attached hydrogens (tertiary/aromatic N) is 1. The van der Waals surface area contributed by atoms with E-state index < -0.39 is 0 Å². The summed E-state index contributed by atoms with van der Waals surface area (Å²) in [6.45, 7) is 5.70. The molecule has 20 heavy (non-hydrogen) atoms. The minimum atomic E-state index is -0.251. The van der Waals surface area contributed by atoms with Gasteiger partial charge in [-0.15, -0.1) is 0 Å². The highest BCUT2D eigenvalue weighted by atomic mass is 16.4. The Kier molecular flexibility index (Phi) is 5.17. The monoisotopic (exact) mass is 279 g/mol. The number of amides is 1. The average molecular weight is 279 g/mol. The van der Waals surface area contributed by atoms with Crippen LogP contribution in [0.5, 0.6) is 0 Å². The summed E-state index contributed by atoms with van der Waals surface area (Å²) in [7, 11) is 0. The van der Waals surface area contributed by atoms with E-state index >= 15 is 0 Å². The largest absolute Gasteiger partial charge is 0.444 e.